The van der Waals surface area contributed by atoms with Crippen molar-refractivity contribution in [2.45, 2.75) is 37.9 Å². The molecule has 2 unspecified atom stereocenters. The number of Topliss-reactive ketones (excluding diaryl/α,β-unsaturated/α-hetero) is 1. The lowest BCUT2D eigenvalue weighted by Crippen LogP contribution is -2.40. The summed E-state index contributed by atoms with van der Waals surface area (Å²) < 4.78 is 16.8. The zero-order valence-electron chi connectivity index (χ0n) is 25.8. The summed E-state index contributed by atoms with van der Waals surface area (Å²) in [6, 6.07) is 7.38. The van der Waals surface area contributed by atoms with Gasteiger partial charge in [0.05, 0.1) is 41.4 Å². The number of rotatable bonds is 6. The van der Waals surface area contributed by atoms with Crippen molar-refractivity contribution in [1.29, 1.82) is 0 Å². The molecule has 0 spiro atoms. The number of hydrogen-bond acceptors (Lipinski definition) is 9. The number of carbonyl (C=O) groups is 2. The van der Waals surface area contributed by atoms with Crippen molar-refractivity contribution in [2.75, 3.05) is 14.2 Å². The molecule has 0 bridgehead atoms. The van der Waals surface area contributed by atoms with E-state index in [1.807, 2.05) is 22.6 Å². The van der Waals surface area contributed by atoms with Gasteiger partial charge in [0, 0.05) is 71.7 Å². The number of halogens is 2. The number of fused-ring (bicyclic) bond motifs is 4. The summed E-state index contributed by atoms with van der Waals surface area (Å²) in [5, 5.41) is 11.0. The van der Waals surface area contributed by atoms with Gasteiger partial charge in [-0.1, -0.05) is 22.0 Å². The molecule has 0 fully saturated rings. The summed E-state index contributed by atoms with van der Waals surface area (Å²) in [7, 11) is 4.59. The lowest BCUT2D eigenvalue weighted by Gasteiger charge is -2.39. The van der Waals surface area contributed by atoms with E-state index < -0.39 is 23.3 Å². The highest BCUT2D eigenvalue weighted by Crippen LogP contribution is 2.52. The van der Waals surface area contributed by atoms with Gasteiger partial charge in [0.1, 0.15) is 11.4 Å². The third kappa shape index (κ3) is 4.84. The Bertz CT molecular complexity index is 2400. The third-order valence-electron chi connectivity index (χ3n) is 9.20. The van der Waals surface area contributed by atoms with Crippen LogP contribution in [0.4, 0.5) is 0 Å². The standard InChI is InChI=1S/C33H27BrIN5O8/c1-37-23-14-27(48-3)26(47-2)13-21(23)36-20(31(37)44)7-8-38-32(45)39-9-6-16-22(40(39)33(38)46)11-18-25(42)12-19(35)30(43)29(18)28(16)17-10-15(34)4-5-24(17)41/h4-6,10,12-14,22,28,41H,7-9,11H2,1-3H3. The molecular weight excluding hydrogens is 801 g/mol. The SMILES string of the molecule is COc1cc2nc(CCn3c(=O)n4n(c3=O)C3CC5=C(C(=O)C(I)=CC5=O)C(c5cc(Br)ccc5O)C3=CC4)c(=O)n(C)c2cc1OC. The molecule has 246 valence electrons. The number of aryl methyl sites for hydroxylation is 2. The molecule has 0 saturated carbocycles. The van der Waals surface area contributed by atoms with Gasteiger partial charge < -0.3 is 19.1 Å². The highest BCUT2D eigenvalue weighted by molar-refractivity contribution is 14.1. The first kappa shape index (κ1) is 32.1. The van der Waals surface area contributed by atoms with Gasteiger partial charge in [-0.2, -0.15) is 0 Å². The topological polar surface area (TPSA) is 157 Å². The third-order valence-corrected chi connectivity index (χ3v) is 10.5. The average molecular weight is 828 g/mol. The number of aromatic nitrogens is 5. The number of methoxy groups -OCH3 is 2. The summed E-state index contributed by atoms with van der Waals surface area (Å²) in [5.41, 5.74) is 1.09. The van der Waals surface area contributed by atoms with Crippen LogP contribution >= 0.6 is 38.5 Å². The summed E-state index contributed by atoms with van der Waals surface area (Å²) in [6.45, 7) is -0.108. The van der Waals surface area contributed by atoms with Crippen LogP contribution in [0.3, 0.4) is 0 Å². The van der Waals surface area contributed by atoms with Gasteiger partial charge in [-0.05, 0) is 46.4 Å². The van der Waals surface area contributed by atoms with Crippen LogP contribution in [0.25, 0.3) is 11.0 Å². The molecule has 15 heteroatoms. The summed E-state index contributed by atoms with van der Waals surface area (Å²) in [4.78, 5) is 72.5. The second-order valence-electron chi connectivity index (χ2n) is 11.7. The number of benzene rings is 2. The second-order valence-corrected chi connectivity index (χ2v) is 13.7. The van der Waals surface area contributed by atoms with Gasteiger partial charge in [0.25, 0.3) is 5.56 Å². The van der Waals surface area contributed by atoms with Gasteiger partial charge in [-0.25, -0.2) is 28.5 Å². The maximum Gasteiger partial charge on any atom is 0.347 e. The molecule has 2 aliphatic carbocycles. The van der Waals surface area contributed by atoms with E-state index in [0.717, 1.165) is 4.57 Å². The van der Waals surface area contributed by atoms with Crippen molar-refractivity contribution in [2.24, 2.45) is 7.05 Å². The van der Waals surface area contributed by atoms with Crippen LogP contribution < -0.4 is 26.4 Å². The highest BCUT2D eigenvalue weighted by Gasteiger charge is 2.45. The minimum atomic E-state index is -0.828. The monoisotopic (exact) mass is 827 g/mol. The Morgan fingerprint density at radius 3 is 2.50 bits per heavy atom. The van der Waals surface area contributed by atoms with E-state index in [4.69, 9.17) is 9.47 Å². The van der Waals surface area contributed by atoms with Crippen LogP contribution in [0.15, 0.2) is 81.6 Å². The Labute approximate surface area is 293 Å². The fraction of sp³-hybridized carbons (Fsp3) is 0.273. The van der Waals surface area contributed by atoms with E-state index in [0.29, 0.717) is 38.1 Å². The Morgan fingerprint density at radius 2 is 1.77 bits per heavy atom. The van der Waals surface area contributed by atoms with E-state index in [9.17, 15) is 29.1 Å². The molecular formula is C33H27BrIN5O8. The number of phenolic OH excluding ortho intramolecular Hbond substituents is 1. The molecule has 2 aromatic carbocycles. The molecule has 7 rings (SSSR count). The summed E-state index contributed by atoms with van der Waals surface area (Å²) in [5.74, 6) is -0.701. The van der Waals surface area contributed by atoms with E-state index in [2.05, 4.69) is 20.9 Å². The molecule has 2 aromatic heterocycles. The molecule has 2 atom stereocenters. The van der Waals surface area contributed by atoms with Crippen LogP contribution in [0.5, 0.6) is 17.2 Å². The van der Waals surface area contributed by atoms with Gasteiger partial charge in [-0.15, -0.1) is 0 Å². The molecule has 4 aromatic rings. The molecule has 0 radical (unpaired) electrons. The van der Waals surface area contributed by atoms with Gasteiger partial charge in [0.15, 0.2) is 23.1 Å². The zero-order valence-corrected chi connectivity index (χ0v) is 29.6. The van der Waals surface area contributed by atoms with Crippen molar-refractivity contribution in [3.8, 4) is 17.2 Å². The van der Waals surface area contributed by atoms with E-state index >= 15 is 0 Å². The predicted octanol–water partition coefficient (Wildman–Crippen LogP) is 3.22. The Kier molecular flexibility index (Phi) is 7.93. The lowest BCUT2D eigenvalue weighted by atomic mass is 9.68. The first-order valence-corrected chi connectivity index (χ1v) is 16.7. The van der Waals surface area contributed by atoms with Crippen molar-refractivity contribution in [3.63, 3.8) is 0 Å². The molecule has 0 saturated heterocycles. The van der Waals surface area contributed by atoms with Crippen LogP contribution in [-0.2, 0) is 36.1 Å². The van der Waals surface area contributed by atoms with Crippen molar-refractivity contribution in [3.05, 3.63) is 110 Å². The van der Waals surface area contributed by atoms with E-state index in [1.165, 1.54) is 40.3 Å². The molecule has 3 heterocycles. The van der Waals surface area contributed by atoms with Crippen LogP contribution in [-0.4, -0.2) is 54.4 Å². The number of ketones is 2. The number of allylic oxidation sites excluding steroid dienone is 6. The zero-order chi connectivity index (χ0) is 34.2. The number of ether oxygens (including phenoxy) is 2. The smallest absolute Gasteiger partial charge is 0.347 e. The van der Waals surface area contributed by atoms with Crippen LogP contribution in [0.2, 0.25) is 0 Å². The minimum absolute atomic E-state index is 0.0128. The molecule has 1 aliphatic heterocycles. The van der Waals surface area contributed by atoms with Crippen molar-refractivity contribution in [1.82, 2.24) is 23.5 Å². The number of carbonyl (C=O) groups excluding carboxylic acids is 2. The van der Waals surface area contributed by atoms with Gasteiger partial charge in [0.2, 0.25) is 0 Å². The van der Waals surface area contributed by atoms with Crippen molar-refractivity contribution >= 4 is 61.1 Å². The summed E-state index contributed by atoms with van der Waals surface area (Å²) in [6.07, 6.45) is 3.07. The number of aromatic hydroxyl groups is 1. The number of nitrogens with zero attached hydrogens (tertiary/aromatic N) is 5. The average Bonchev–Trinajstić information content (AvgIpc) is 3.32. The fourth-order valence-corrected chi connectivity index (χ4v) is 7.86. The van der Waals surface area contributed by atoms with E-state index in [1.54, 1.807) is 37.4 Å². The second kappa shape index (κ2) is 11.9. The quantitative estimate of drug-likeness (QED) is 0.175. The normalized spacial score (nSPS) is 18.7. The Hall–Kier alpha value is -4.51. The Balaban J connectivity index is 1.30. The molecule has 13 nitrogen and oxygen atoms in total. The molecule has 1 N–H and O–H groups in total. The van der Waals surface area contributed by atoms with Crippen LogP contribution in [0, 0.1) is 0 Å². The number of hydrogen-bond donors (Lipinski definition) is 1. The number of phenols is 1. The highest BCUT2D eigenvalue weighted by atomic mass is 127. The first-order valence-electron chi connectivity index (χ1n) is 14.9. The predicted molar refractivity (Wildman–Crippen MR) is 186 cm³/mol. The van der Waals surface area contributed by atoms with Gasteiger partial charge in [-0.3, -0.25) is 14.4 Å². The lowest BCUT2D eigenvalue weighted by molar-refractivity contribution is -0.115. The maximum absolute atomic E-state index is 14.1. The fourth-order valence-electron chi connectivity index (χ4n) is 6.91. The van der Waals surface area contributed by atoms with E-state index in [-0.39, 0.29) is 69.2 Å². The first-order chi connectivity index (χ1) is 22.9. The van der Waals surface area contributed by atoms with Crippen LogP contribution in [0.1, 0.15) is 29.6 Å². The maximum atomic E-state index is 14.1. The largest absolute Gasteiger partial charge is 0.508 e. The summed E-state index contributed by atoms with van der Waals surface area (Å²) >= 11 is 5.29. The molecule has 0 amide bonds. The molecule has 48 heavy (non-hydrogen) atoms. The Morgan fingerprint density at radius 1 is 1.04 bits per heavy atom. The van der Waals surface area contributed by atoms with Gasteiger partial charge >= 0.3 is 11.4 Å². The van der Waals surface area contributed by atoms with Crippen molar-refractivity contribution < 1.29 is 24.2 Å². The minimum Gasteiger partial charge on any atom is -0.508 e. The molecule has 3 aliphatic rings.